The van der Waals surface area contributed by atoms with Crippen molar-refractivity contribution in [3.05, 3.63) is 46.2 Å². The molecule has 0 unspecified atom stereocenters. The fraction of sp³-hybridized carbons (Fsp3) is 0.389. The fourth-order valence-corrected chi connectivity index (χ4v) is 3.18. The summed E-state index contributed by atoms with van der Waals surface area (Å²) in [5, 5.41) is 8.76. The van der Waals surface area contributed by atoms with Gasteiger partial charge in [0.05, 0.1) is 46.6 Å². The highest BCUT2D eigenvalue weighted by atomic mass is 32.1. The first kappa shape index (κ1) is 16.8. The summed E-state index contributed by atoms with van der Waals surface area (Å²) < 4.78 is 11.3. The molecule has 2 aromatic rings. The van der Waals surface area contributed by atoms with Crippen LogP contribution in [-0.2, 0) is 6.61 Å². The van der Waals surface area contributed by atoms with Gasteiger partial charge >= 0.3 is 0 Å². The molecule has 1 fully saturated rings. The zero-order valence-electron chi connectivity index (χ0n) is 14.2. The molecule has 0 radical (unpaired) electrons. The van der Waals surface area contributed by atoms with Crippen molar-refractivity contribution < 1.29 is 14.4 Å². The van der Waals surface area contributed by atoms with Crippen LogP contribution >= 0.6 is 11.3 Å². The Morgan fingerprint density at radius 1 is 1.25 bits per heavy atom. The highest BCUT2D eigenvalue weighted by molar-refractivity contribution is 7.09. The van der Waals surface area contributed by atoms with E-state index in [9.17, 15) is 0 Å². The maximum atomic E-state index is 5.86. The van der Waals surface area contributed by atoms with E-state index in [1.54, 1.807) is 23.3 Å². The number of thiophene rings is 1. The summed E-state index contributed by atoms with van der Waals surface area (Å²) in [6, 6.07) is 10.0. The molecule has 6 heteroatoms. The van der Waals surface area contributed by atoms with Crippen LogP contribution in [0.3, 0.4) is 0 Å². The smallest absolute Gasteiger partial charge is 0.161 e. The first-order valence-corrected chi connectivity index (χ1v) is 9.06. The van der Waals surface area contributed by atoms with Crippen molar-refractivity contribution in [2.24, 2.45) is 5.10 Å². The standard InChI is InChI=1S/C18H23N3O2S/c1-20-7-9-21(10-8-20)19-13-15-5-6-17(18(12-15)22-2)23-14-16-4-3-11-24-16/h3-6,11-13H,7-10,14H2,1-2H3/p+1/b19-13-. The van der Waals surface area contributed by atoms with Crippen molar-refractivity contribution in [1.29, 1.82) is 0 Å². The van der Waals surface area contributed by atoms with Crippen molar-refractivity contribution in [2.75, 3.05) is 40.3 Å². The summed E-state index contributed by atoms with van der Waals surface area (Å²) in [6.07, 6.45) is 1.90. The lowest BCUT2D eigenvalue weighted by Gasteiger charge is -2.27. The van der Waals surface area contributed by atoms with Crippen LogP contribution in [0.2, 0.25) is 0 Å². The number of hydrogen-bond acceptors (Lipinski definition) is 5. The number of ether oxygens (including phenoxy) is 2. The minimum absolute atomic E-state index is 0.561. The van der Waals surface area contributed by atoms with E-state index in [1.165, 1.54) is 4.88 Å². The summed E-state index contributed by atoms with van der Waals surface area (Å²) in [7, 11) is 3.89. The second-order valence-electron chi connectivity index (χ2n) is 5.93. The van der Waals surface area contributed by atoms with Crippen molar-refractivity contribution in [2.45, 2.75) is 6.61 Å². The van der Waals surface area contributed by atoms with Crippen LogP contribution in [0.5, 0.6) is 11.5 Å². The van der Waals surface area contributed by atoms with E-state index in [0.717, 1.165) is 43.2 Å². The van der Waals surface area contributed by atoms with Crippen molar-refractivity contribution in [3.8, 4) is 11.5 Å². The number of benzene rings is 1. The number of likely N-dealkylation sites (N-methyl/N-ethyl adjacent to an activating group) is 1. The summed E-state index contributed by atoms with van der Waals surface area (Å²) in [4.78, 5) is 2.76. The van der Waals surface area contributed by atoms with Gasteiger partial charge in [-0.05, 0) is 35.2 Å². The maximum Gasteiger partial charge on any atom is 0.161 e. The molecule has 0 bridgehead atoms. The zero-order chi connectivity index (χ0) is 16.8. The Bertz CT molecular complexity index is 665. The van der Waals surface area contributed by atoms with Gasteiger partial charge in [-0.2, -0.15) is 5.10 Å². The Morgan fingerprint density at radius 3 is 2.79 bits per heavy atom. The molecular formula is C18H24N3O2S+. The van der Waals surface area contributed by atoms with Crippen LogP contribution in [0.1, 0.15) is 10.4 Å². The third-order valence-corrected chi connectivity index (χ3v) is 4.95. The van der Waals surface area contributed by atoms with Crippen LogP contribution in [-0.4, -0.2) is 51.6 Å². The molecule has 1 aromatic carbocycles. The van der Waals surface area contributed by atoms with Crippen molar-refractivity contribution in [1.82, 2.24) is 5.01 Å². The van der Waals surface area contributed by atoms with Gasteiger partial charge in [0.1, 0.15) is 6.61 Å². The first-order chi connectivity index (χ1) is 11.7. The Kier molecular flexibility index (Phi) is 5.72. The Labute approximate surface area is 147 Å². The number of quaternary nitrogens is 1. The topological polar surface area (TPSA) is 38.5 Å². The van der Waals surface area contributed by atoms with Crippen LogP contribution < -0.4 is 14.4 Å². The predicted molar refractivity (Wildman–Crippen MR) is 97.4 cm³/mol. The van der Waals surface area contributed by atoms with Crippen LogP contribution in [0, 0.1) is 0 Å². The number of nitrogens with one attached hydrogen (secondary N) is 1. The van der Waals surface area contributed by atoms with E-state index in [0.29, 0.717) is 6.61 Å². The summed E-state index contributed by atoms with van der Waals surface area (Å²) in [5.74, 6) is 1.49. The lowest BCUT2D eigenvalue weighted by atomic mass is 10.2. The van der Waals surface area contributed by atoms with Gasteiger partial charge in [0.2, 0.25) is 0 Å². The van der Waals surface area contributed by atoms with Crippen molar-refractivity contribution >= 4 is 17.6 Å². The number of nitrogens with zero attached hydrogens (tertiary/aromatic N) is 2. The third kappa shape index (κ3) is 4.49. The molecule has 3 rings (SSSR count). The summed E-state index contributed by atoms with van der Waals surface area (Å²) in [5.41, 5.74) is 1.02. The Balaban J connectivity index is 1.62. The fourth-order valence-electron chi connectivity index (χ4n) is 2.57. The summed E-state index contributed by atoms with van der Waals surface area (Å²) in [6.45, 7) is 4.83. The Hall–Kier alpha value is -2.05. The minimum Gasteiger partial charge on any atom is -0.493 e. The third-order valence-electron chi connectivity index (χ3n) is 4.10. The van der Waals surface area contributed by atoms with E-state index in [-0.39, 0.29) is 0 Å². The van der Waals surface area contributed by atoms with Gasteiger partial charge < -0.3 is 14.4 Å². The van der Waals surface area contributed by atoms with Crippen LogP contribution in [0.4, 0.5) is 0 Å². The maximum absolute atomic E-state index is 5.86. The lowest BCUT2D eigenvalue weighted by molar-refractivity contribution is -0.884. The van der Waals surface area contributed by atoms with Gasteiger partial charge in [-0.25, -0.2) is 0 Å². The summed E-state index contributed by atoms with van der Waals surface area (Å²) >= 11 is 1.69. The average Bonchev–Trinajstić information content (AvgIpc) is 3.13. The molecule has 128 valence electrons. The normalized spacial score (nSPS) is 15.8. The van der Waals surface area contributed by atoms with Crippen LogP contribution in [0.15, 0.2) is 40.8 Å². The van der Waals surface area contributed by atoms with Gasteiger partial charge in [0.15, 0.2) is 11.5 Å². The molecule has 0 saturated carbocycles. The molecule has 1 aliphatic heterocycles. The molecule has 1 aromatic heterocycles. The monoisotopic (exact) mass is 346 g/mol. The molecule has 1 N–H and O–H groups in total. The van der Waals surface area contributed by atoms with Gasteiger partial charge in [0, 0.05) is 4.88 Å². The molecule has 24 heavy (non-hydrogen) atoms. The quantitative estimate of drug-likeness (QED) is 0.806. The second kappa shape index (κ2) is 8.17. The number of rotatable bonds is 6. The largest absolute Gasteiger partial charge is 0.493 e. The molecule has 0 amide bonds. The highest BCUT2D eigenvalue weighted by Crippen LogP contribution is 2.28. The zero-order valence-corrected chi connectivity index (χ0v) is 15.0. The SMILES string of the molecule is COc1cc(/C=N\N2CC[NH+](C)CC2)ccc1OCc1cccs1. The molecule has 1 saturated heterocycles. The van der Waals surface area contributed by atoms with Gasteiger partial charge in [0.25, 0.3) is 0 Å². The number of hydrogen-bond donors (Lipinski definition) is 1. The van der Waals surface area contributed by atoms with Gasteiger partial charge in [-0.3, -0.25) is 5.01 Å². The second-order valence-corrected chi connectivity index (χ2v) is 6.97. The lowest BCUT2D eigenvalue weighted by Crippen LogP contribution is -3.11. The number of hydrazone groups is 1. The van der Waals surface area contributed by atoms with E-state index in [4.69, 9.17) is 9.47 Å². The molecule has 5 nitrogen and oxygen atoms in total. The van der Waals surface area contributed by atoms with E-state index in [1.807, 2.05) is 30.5 Å². The van der Waals surface area contributed by atoms with Gasteiger partial charge in [-0.15, -0.1) is 11.3 Å². The highest BCUT2D eigenvalue weighted by Gasteiger charge is 2.14. The van der Waals surface area contributed by atoms with E-state index in [2.05, 4.69) is 28.6 Å². The molecule has 1 aliphatic rings. The molecule has 2 heterocycles. The predicted octanol–water partition coefficient (Wildman–Crippen LogP) is 1.50. The van der Waals surface area contributed by atoms with Crippen LogP contribution in [0.25, 0.3) is 0 Å². The Morgan fingerprint density at radius 2 is 2.08 bits per heavy atom. The first-order valence-electron chi connectivity index (χ1n) is 8.18. The van der Waals surface area contributed by atoms with E-state index < -0.39 is 0 Å². The number of piperazine rings is 1. The number of methoxy groups -OCH3 is 1. The molecular weight excluding hydrogens is 322 g/mol. The molecule has 0 atom stereocenters. The van der Waals surface area contributed by atoms with Crippen molar-refractivity contribution in [3.63, 3.8) is 0 Å². The molecule has 0 aliphatic carbocycles. The van der Waals surface area contributed by atoms with E-state index >= 15 is 0 Å². The van der Waals surface area contributed by atoms with Gasteiger partial charge in [-0.1, -0.05) is 6.07 Å². The average molecular weight is 346 g/mol. The minimum atomic E-state index is 0.561. The molecule has 0 spiro atoms.